The highest BCUT2D eigenvalue weighted by molar-refractivity contribution is 8.00. The Morgan fingerprint density at radius 3 is 2.35 bits per heavy atom. The van der Waals surface area contributed by atoms with E-state index in [-0.39, 0.29) is 5.78 Å². The maximum Gasteiger partial charge on any atom is 0.173 e. The Hall–Kier alpha value is -1.94. The Labute approximate surface area is 122 Å². The monoisotopic (exact) mass is 288 g/mol. The molecule has 0 N–H and O–H groups in total. The summed E-state index contributed by atoms with van der Waals surface area (Å²) in [7, 11) is 3.24. The lowest BCUT2D eigenvalue weighted by molar-refractivity contribution is 0.102. The summed E-state index contributed by atoms with van der Waals surface area (Å²) in [6.45, 7) is 0. The van der Waals surface area contributed by atoms with Gasteiger partial charge in [-0.3, -0.25) is 4.79 Å². The van der Waals surface area contributed by atoms with Crippen LogP contribution >= 0.6 is 11.8 Å². The molecule has 0 aliphatic rings. The van der Waals surface area contributed by atoms with E-state index < -0.39 is 0 Å². The highest BCUT2D eigenvalue weighted by Gasteiger charge is 2.09. The van der Waals surface area contributed by atoms with E-state index in [2.05, 4.69) is 0 Å². The third kappa shape index (κ3) is 3.54. The lowest BCUT2D eigenvalue weighted by Gasteiger charge is -2.07. The maximum absolute atomic E-state index is 12.1. The fraction of sp³-hybridized carbons (Fsp3) is 0.188. The predicted molar refractivity (Wildman–Crippen MR) is 81.0 cm³/mol. The van der Waals surface area contributed by atoms with Crippen LogP contribution in [0.3, 0.4) is 0 Å². The molecule has 3 nitrogen and oxygen atoms in total. The van der Waals surface area contributed by atoms with E-state index in [1.54, 1.807) is 38.5 Å². The summed E-state index contributed by atoms with van der Waals surface area (Å²) in [5.41, 5.74) is 0.688. The van der Waals surface area contributed by atoms with Gasteiger partial charge >= 0.3 is 0 Å². The first-order valence-corrected chi connectivity index (χ1v) is 7.16. The first-order valence-electron chi connectivity index (χ1n) is 6.17. The molecule has 0 radical (unpaired) electrons. The van der Waals surface area contributed by atoms with Gasteiger partial charge in [-0.25, -0.2) is 0 Å². The number of methoxy groups -OCH3 is 2. The Bertz CT molecular complexity index is 579. The summed E-state index contributed by atoms with van der Waals surface area (Å²) >= 11 is 1.48. The normalized spacial score (nSPS) is 10.1. The predicted octanol–water partition coefficient (Wildman–Crippen LogP) is 3.68. The van der Waals surface area contributed by atoms with Crippen LogP contribution in [0.5, 0.6) is 11.5 Å². The average Bonchev–Trinajstić information content (AvgIpc) is 2.53. The van der Waals surface area contributed by atoms with Gasteiger partial charge in [0.1, 0.15) is 11.5 Å². The molecule has 0 aromatic heterocycles. The summed E-state index contributed by atoms with van der Waals surface area (Å²) in [4.78, 5) is 13.1. The standard InChI is InChI=1S/C16H16O3S/c1-18-13-9-7-12(8-10-13)14(17)11-20-16-6-4-3-5-15(16)19-2/h3-10H,11H2,1-2H3. The number of benzene rings is 2. The molecule has 2 aromatic carbocycles. The number of para-hydroxylation sites is 1. The molecule has 0 saturated heterocycles. The fourth-order valence-corrected chi connectivity index (χ4v) is 2.66. The van der Waals surface area contributed by atoms with Crippen LogP contribution in [0.25, 0.3) is 0 Å². The zero-order chi connectivity index (χ0) is 14.4. The third-order valence-corrected chi connectivity index (χ3v) is 3.89. The van der Waals surface area contributed by atoms with Gasteiger partial charge in [0.05, 0.1) is 20.0 Å². The largest absolute Gasteiger partial charge is 0.497 e. The van der Waals surface area contributed by atoms with Crippen molar-refractivity contribution < 1.29 is 14.3 Å². The molecule has 0 aliphatic carbocycles. The summed E-state index contributed by atoms with van der Waals surface area (Å²) in [5.74, 6) is 2.01. The quantitative estimate of drug-likeness (QED) is 0.600. The fourth-order valence-electron chi connectivity index (χ4n) is 1.74. The van der Waals surface area contributed by atoms with E-state index >= 15 is 0 Å². The van der Waals surface area contributed by atoms with E-state index in [0.717, 1.165) is 16.4 Å². The highest BCUT2D eigenvalue weighted by Crippen LogP contribution is 2.29. The van der Waals surface area contributed by atoms with Crippen LogP contribution in [0.1, 0.15) is 10.4 Å². The highest BCUT2D eigenvalue weighted by atomic mass is 32.2. The van der Waals surface area contributed by atoms with Crippen molar-refractivity contribution in [3.05, 3.63) is 54.1 Å². The van der Waals surface area contributed by atoms with Crippen molar-refractivity contribution in [2.24, 2.45) is 0 Å². The average molecular weight is 288 g/mol. The SMILES string of the molecule is COc1ccc(C(=O)CSc2ccccc2OC)cc1. The summed E-state index contributed by atoms with van der Waals surface area (Å²) in [6, 6.07) is 14.8. The molecular weight excluding hydrogens is 272 g/mol. The zero-order valence-corrected chi connectivity index (χ0v) is 12.3. The summed E-state index contributed by atoms with van der Waals surface area (Å²) < 4.78 is 10.3. The molecular formula is C16H16O3S. The first kappa shape index (κ1) is 14.5. The van der Waals surface area contributed by atoms with E-state index in [1.165, 1.54) is 11.8 Å². The second-order valence-corrected chi connectivity index (χ2v) is 5.11. The van der Waals surface area contributed by atoms with Crippen LogP contribution in [-0.4, -0.2) is 25.8 Å². The lowest BCUT2D eigenvalue weighted by Crippen LogP contribution is -2.02. The van der Waals surface area contributed by atoms with Crippen molar-refractivity contribution in [2.45, 2.75) is 4.90 Å². The number of hydrogen-bond acceptors (Lipinski definition) is 4. The smallest absolute Gasteiger partial charge is 0.173 e. The van der Waals surface area contributed by atoms with Gasteiger partial charge in [0.25, 0.3) is 0 Å². The lowest BCUT2D eigenvalue weighted by atomic mass is 10.1. The van der Waals surface area contributed by atoms with Crippen LogP contribution in [0.4, 0.5) is 0 Å². The van der Waals surface area contributed by atoms with Gasteiger partial charge in [-0.1, -0.05) is 12.1 Å². The van der Waals surface area contributed by atoms with Gasteiger partial charge in [-0.2, -0.15) is 0 Å². The molecule has 104 valence electrons. The second-order valence-electron chi connectivity index (χ2n) is 4.09. The van der Waals surface area contributed by atoms with Crippen molar-refractivity contribution in [1.82, 2.24) is 0 Å². The van der Waals surface area contributed by atoms with Gasteiger partial charge in [0, 0.05) is 10.5 Å². The van der Waals surface area contributed by atoms with Gasteiger partial charge in [-0.05, 0) is 36.4 Å². The number of Topliss-reactive ketones (excluding diaryl/α,β-unsaturated/α-hetero) is 1. The third-order valence-electron chi connectivity index (χ3n) is 2.84. The minimum atomic E-state index is 0.0866. The topological polar surface area (TPSA) is 35.5 Å². The number of rotatable bonds is 6. The van der Waals surface area contributed by atoms with Crippen molar-refractivity contribution in [2.75, 3.05) is 20.0 Å². The van der Waals surface area contributed by atoms with Crippen LogP contribution in [0.15, 0.2) is 53.4 Å². The molecule has 0 bridgehead atoms. The van der Waals surface area contributed by atoms with E-state index in [0.29, 0.717) is 11.3 Å². The van der Waals surface area contributed by atoms with Crippen molar-refractivity contribution in [3.63, 3.8) is 0 Å². The van der Waals surface area contributed by atoms with Crippen LogP contribution < -0.4 is 9.47 Å². The van der Waals surface area contributed by atoms with E-state index in [4.69, 9.17) is 9.47 Å². The molecule has 0 atom stereocenters. The molecule has 0 aliphatic heterocycles. The minimum Gasteiger partial charge on any atom is -0.497 e. The van der Waals surface area contributed by atoms with Crippen molar-refractivity contribution in [1.29, 1.82) is 0 Å². The van der Waals surface area contributed by atoms with Crippen LogP contribution in [0.2, 0.25) is 0 Å². The number of hydrogen-bond donors (Lipinski definition) is 0. The van der Waals surface area contributed by atoms with Crippen molar-refractivity contribution in [3.8, 4) is 11.5 Å². The first-order chi connectivity index (χ1) is 9.74. The van der Waals surface area contributed by atoms with Gasteiger partial charge in [0.2, 0.25) is 0 Å². The molecule has 0 fully saturated rings. The molecule has 2 aromatic rings. The molecule has 4 heteroatoms. The number of ketones is 1. The molecule has 0 spiro atoms. The van der Waals surface area contributed by atoms with Gasteiger partial charge in [-0.15, -0.1) is 11.8 Å². The Balaban J connectivity index is 2.01. The summed E-state index contributed by atoms with van der Waals surface area (Å²) in [5, 5.41) is 0. The molecule has 0 unspecified atom stereocenters. The van der Waals surface area contributed by atoms with Gasteiger partial charge < -0.3 is 9.47 Å². The van der Waals surface area contributed by atoms with Crippen LogP contribution in [0, 0.1) is 0 Å². The molecule has 2 rings (SSSR count). The molecule has 0 saturated carbocycles. The number of carbonyl (C=O) groups excluding carboxylic acids is 1. The minimum absolute atomic E-state index is 0.0866. The zero-order valence-electron chi connectivity index (χ0n) is 11.5. The Kier molecular flexibility index (Phi) is 5.07. The number of thioether (sulfide) groups is 1. The van der Waals surface area contributed by atoms with Crippen LogP contribution in [-0.2, 0) is 0 Å². The van der Waals surface area contributed by atoms with Gasteiger partial charge in [0.15, 0.2) is 5.78 Å². The van der Waals surface area contributed by atoms with E-state index in [1.807, 2.05) is 24.3 Å². The number of ether oxygens (including phenoxy) is 2. The Morgan fingerprint density at radius 2 is 1.70 bits per heavy atom. The summed E-state index contributed by atoms with van der Waals surface area (Å²) in [6.07, 6.45) is 0. The van der Waals surface area contributed by atoms with E-state index in [9.17, 15) is 4.79 Å². The molecule has 0 amide bonds. The Morgan fingerprint density at radius 1 is 1.00 bits per heavy atom. The number of carbonyl (C=O) groups is 1. The maximum atomic E-state index is 12.1. The second kappa shape index (κ2) is 7.01. The molecule has 0 heterocycles. The van der Waals surface area contributed by atoms with Crippen molar-refractivity contribution >= 4 is 17.5 Å². The molecule has 20 heavy (non-hydrogen) atoms.